The second-order valence-corrected chi connectivity index (χ2v) is 6.72. The third kappa shape index (κ3) is 4.32. The molecule has 0 spiro atoms. The van der Waals surface area contributed by atoms with E-state index in [1.54, 1.807) is 17.8 Å². The molecular weight excluding hydrogens is 329 g/mol. The summed E-state index contributed by atoms with van der Waals surface area (Å²) in [6.07, 6.45) is 2.56. The number of aromatic nitrogens is 4. The maximum atomic E-state index is 6.16. The van der Waals surface area contributed by atoms with Crippen molar-refractivity contribution in [3.63, 3.8) is 0 Å². The molecule has 0 amide bonds. The predicted molar refractivity (Wildman–Crippen MR) is 84.9 cm³/mol. The van der Waals surface area contributed by atoms with Crippen LogP contribution in [0.15, 0.2) is 23.4 Å². The van der Waals surface area contributed by atoms with Crippen molar-refractivity contribution in [2.24, 2.45) is 0 Å². The van der Waals surface area contributed by atoms with E-state index < -0.39 is 0 Å². The molecule has 1 aromatic carbocycles. The Morgan fingerprint density at radius 1 is 1.33 bits per heavy atom. The molecule has 8 heteroatoms. The van der Waals surface area contributed by atoms with Crippen LogP contribution in [0.2, 0.25) is 10.0 Å². The van der Waals surface area contributed by atoms with E-state index in [0.29, 0.717) is 21.8 Å². The summed E-state index contributed by atoms with van der Waals surface area (Å²) in [5, 5.41) is 17.5. The summed E-state index contributed by atoms with van der Waals surface area (Å²) < 4.78 is 1.82. The number of nitrogens with zero attached hydrogens (tertiary/aromatic N) is 4. The molecule has 1 aromatic heterocycles. The van der Waals surface area contributed by atoms with Gasteiger partial charge in [-0.25, -0.2) is 4.68 Å². The summed E-state index contributed by atoms with van der Waals surface area (Å²) in [4.78, 5) is 0. The molecule has 1 aliphatic carbocycles. The molecule has 0 radical (unpaired) electrons. The Hall–Kier alpha value is -0.820. The maximum Gasteiger partial charge on any atom is 0.209 e. The molecule has 3 rings (SSSR count). The summed E-state index contributed by atoms with van der Waals surface area (Å²) in [5.74, 6) is 0.690. The Morgan fingerprint density at radius 3 is 3.00 bits per heavy atom. The van der Waals surface area contributed by atoms with Crippen LogP contribution >= 0.6 is 35.0 Å². The second-order valence-electron chi connectivity index (χ2n) is 4.94. The topological polar surface area (TPSA) is 55.6 Å². The van der Waals surface area contributed by atoms with Crippen LogP contribution in [0, 0.1) is 0 Å². The van der Waals surface area contributed by atoms with E-state index in [1.807, 2.05) is 16.8 Å². The van der Waals surface area contributed by atoms with Crippen LogP contribution in [-0.4, -0.2) is 32.8 Å². The van der Waals surface area contributed by atoms with Gasteiger partial charge in [-0.3, -0.25) is 0 Å². The van der Waals surface area contributed by atoms with Gasteiger partial charge < -0.3 is 5.32 Å². The Bertz CT molecular complexity index is 614. The highest BCUT2D eigenvalue weighted by molar-refractivity contribution is 7.98. The Morgan fingerprint density at radius 2 is 2.19 bits per heavy atom. The monoisotopic (exact) mass is 343 g/mol. The van der Waals surface area contributed by atoms with Crippen molar-refractivity contribution in [3.05, 3.63) is 33.8 Å². The average molecular weight is 344 g/mol. The molecule has 1 heterocycles. The predicted octanol–water partition coefficient (Wildman–Crippen LogP) is 3.02. The number of rotatable bonds is 7. The number of halogens is 2. The van der Waals surface area contributed by atoms with Crippen molar-refractivity contribution < 1.29 is 0 Å². The lowest BCUT2D eigenvalue weighted by molar-refractivity contribution is 0.509. The van der Waals surface area contributed by atoms with Gasteiger partial charge in [0.2, 0.25) is 5.16 Å². The number of hydrogen-bond donors (Lipinski definition) is 1. The molecule has 1 aliphatic rings. The molecule has 0 bridgehead atoms. The van der Waals surface area contributed by atoms with E-state index in [0.717, 1.165) is 23.8 Å². The van der Waals surface area contributed by atoms with Gasteiger partial charge in [-0.2, -0.15) is 0 Å². The molecule has 0 saturated heterocycles. The molecule has 1 saturated carbocycles. The highest BCUT2D eigenvalue weighted by atomic mass is 35.5. The van der Waals surface area contributed by atoms with Gasteiger partial charge in [0.1, 0.15) is 0 Å². The smallest absolute Gasteiger partial charge is 0.209 e. The minimum atomic E-state index is 0.684. The third-order valence-electron chi connectivity index (χ3n) is 3.20. The van der Waals surface area contributed by atoms with Crippen LogP contribution in [0.5, 0.6) is 0 Å². The van der Waals surface area contributed by atoms with E-state index in [9.17, 15) is 0 Å². The van der Waals surface area contributed by atoms with Gasteiger partial charge in [0, 0.05) is 28.4 Å². The molecular formula is C13H15Cl2N5S. The van der Waals surface area contributed by atoms with Gasteiger partial charge in [-0.05, 0) is 47.0 Å². The number of tetrazole rings is 1. The van der Waals surface area contributed by atoms with E-state index in [-0.39, 0.29) is 0 Å². The van der Waals surface area contributed by atoms with Crippen molar-refractivity contribution in [1.82, 2.24) is 25.5 Å². The fourth-order valence-electron chi connectivity index (χ4n) is 1.90. The molecule has 0 atom stereocenters. The second kappa shape index (κ2) is 6.96. The maximum absolute atomic E-state index is 6.16. The van der Waals surface area contributed by atoms with Crippen LogP contribution in [0.25, 0.3) is 0 Å². The van der Waals surface area contributed by atoms with Crippen LogP contribution in [0.1, 0.15) is 18.4 Å². The lowest BCUT2D eigenvalue weighted by Gasteiger charge is -2.06. The largest absolute Gasteiger partial charge is 0.312 e. The summed E-state index contributed by atoms with van der Waals surface area (Å²) in [5.41, 5.74) is 0.986. The Labute approximate surface area is 137 Å². The first-order valence-electron chi connectivity index (χ1n) is 6.78. The Kier molecular flexibility index (Phi) is 5.00. The quantitative estimate of drug-likeness (QED) is 0.783. The number of nitrogens with one attached hydrogen (secondary N) is 1. The zero-order valence-corrected chi connectivity index (χ0v) is 13.6. The number of benzene rings is 1. The van der Waals surface area contributed by atoms with Crippen molar-refractivity contribution in [2.75, 3.05) is 6.54 Å². The van der Waals surface area contributed by atoms with Gasteiger partial charge in [-0.1, -0.05) is 35.0 Å². The van der Waals surface area contributed by atoms with Gasteiger partial charge >= 0.3 is 0 Å². The first-order chi connectivity index (χ1) is 10.2. The van der Waals surface area contributed by atoms with Crippen LogP contribution in [-0.2, 0) is 12.3 Å². The summed E-state index contributed by atoms with van der Waals surface area (Å²) in [6, 6.07) is 6.16. The minimum Gasteiger partial charge on any atom is -0.312 e. The summed E-state index contributed by atoms with van der Waals surface area (Å²) in [6.45, 7) is 1.66. The summed E-state index contributed by atoms with van der Waals surface area (Å²) >= 11 is 13.7. The molecule has 0 aliphatic heterocycles. The number of thioether (sulfide) groups is 1. The first-order valence-corrected chi connectivity index (χ1v) is 8.53. The zero-order valence-electron chi connectivity index (χ0n) is 11.3. The third-order valence-corrected chi connectivity index (χ3v) is 4.81. The van der Waals surface area contributed by atoms with E-state index in [2.05, 4.69) is 20.8 Å². The first kappa shape index (κ1) is 15.1. The van der Waals surface area contributed by atoms with Crippen molar-refractivity contribution in [1.29, 1.82) is 0 Å². The molecule has 0 unspecified atom stereocenters. The standard InChI is InChI=1S/C13H15Cl2N5S/c14-10-1-4-12(15)9(7-10)8-21-13-17-18-19-20(13)6-5-16-11-2-3-11/h1,4,7,11,16H,2-3,5-6,8H2. The molecule has 112 valence electrons. The van der Waals surface area contributed by atoms with Crippen molar-refractivity contribution in [3.8, 4) is 0 Å². The van der Waals surface area contributed by atoms with Crippen molar-refractivity contribution >= 4 is 35.0 Å². The van der Waals surface area contributed by atoms with Gasteiger partial charge in [0.25, 0.3) is 0 Å². The Balaban J connectivity index is 1.57. The molecule has 21 heavy (non-hydrogen) atoms. The van der Waals surface area contributed by atoms with E-state index >= 15 is 0 Å². The SMILES string of the molecule is Clc1ccc(Cl)c(CSc2nnnn2CCNC2CC2)c1. The van der Waals surface area contributed by atoms with Gasteiger partial charge in [-0.15, -0.1) is 5.10 Å². The van der Waals surface area contributed by atoms with Gasteiger partial charge in [0.05, 0.1) is 6.54 Å². The highest BCUT2D eigenvalue weighted by Gasteiger charge is 2.20. The van der Waals surface area contributed by atoms with Crippen LogP contribution in [0.3, 0.4) is 0 Å². The normalized spacial score (nSPS) is 14.6. The molecule has 1 N–H and O–H groups in total. The molecule has 1 fully saturated rings. The van der Waals surface area contributed by atoms with Crippen molar-refractivity contribution in [2.45, 2.75) is 36.3 Å². The van der Waals surface area contributed by atoms with E-state index in [1.165, 1.54) is 12.8 Å². The molecule has 5 nitrogen and oxygen atoms in total. The van der Waals surface area contributed by atoms with Gasteiger partial charge in [0.15, 0.2) is 0 Å². The van der Waals surface area contributed by atoms with Crippen LogP contribution in [0.4, 0.5) is 0 Å². The fourth-order valence-corrected chi connectivity index (χ4v) is 3.25. The lowest BCUT2D eigenvalue weighted by atomic mass is 10.2. The summed E-state index contributed by atoms with van der Waals surface area (Å²) in [7, 11) is 0. The highest BCUT2D eigenvalue weighted by Crippen LogP contribution is 2.27. The fraction of sp³-hybridized carbons (Fsp3) is 0.462. The average Bonchev–Trinajstić information content (AvgIpc) is 3.18. The minimum absolute atomic E-state index is 0.684. The zero-order chi connectivity index (χ0) is 14.7. The van der Waals surface area contributed by atoms with E-state index in [4.69, 9.17) is 23.2 Å². The molecule has 2 aromatic rings. The number of hydrogen-bond acceptors (Lipinski definition) is 5. The van der Waals surface area contributed by atoms with Crippen LogP contribution < -0.4 is 5.32 Å². The lowest BCUT2D eigenvalue weighted by Crippen LogP contribution is -2.22.